The van der Waals surface area contributed by atoms with Crippen LogP contribution in [-0.4, -0.2) is 26.4 Å². The average Bonchev–Trinajstić information content (AvgIpc) is 3.21. The first-order valence-electron chi connectivity index (χ1n) is 10.7. The van der Waals surface area contributed by atoms with Gasteiger partial charge in [-0.25, -0.2) is 4.39 Å². The zero-order valence-electron chi connectivity index (χ0n) is 18.5. The summed E-state index contributed by atoms with van der Waals surface area (Å²) in [6.45, 7) is 4.56. The highest BCUT2D eigenvalue weighted by atomic mass is 32.2. The Balaban J connectivity index is 1.51. The third-order valence-corrected chi connectivity index (χ3v) is 6.33. The fraction of sp³-hybridized carbons (Fsp3) is 0.192. The van der Waals surface area contributed by atoms with Crippen LogP contribution in [0.15, 0.2) is 84.0 Å². The summed E-state index contributed by atoms with van der Waals surface area (Å²) in [6, 6.07) is 24.1. The molecule has 1 atom stereocenters. The second-order valence-corrected chi connectivity index (χ2v) is 8.76. The van der Waals surface area contributed by atoms with Crippen molar-refractivity contribution < 1.29 is 9.18 Å². The van der Waals surface area contributed by atoms with Crippen molar-refractivity contribution in [1.82, 2.24) is 20.1 Å². The van der Waals surface area contributed by atoms with Crippen molar-refractivity contribution in [2.45, 2.75) is 31.6 Å². The minimum absolute atomic E-state index is 0.0756. The van der Waals surface area contributed by atoms with Crippen molar-refractivity contribution in [2.75, 3.05) is 5.75 Å². The van der Waals surface area contributed by atoms with Crippen LogP contribution < -0.4 is 5.32 Å². The van der Waals surface area contributed by atoms with Crippen LogP contribution >= 0.6 is 11.8 Å². The Morgan fingerprint density at radius 3 is 2.42 bits per heavy atom. The molecule has 0 saturated heterocycles. The molecule has 33 heavy (non-hydrogen) atoms. The van der Waals surface area contributed by atoms with Crippen LogP contribution in [0.3, 0.4) is 0 Å². The van der Waals surface area contributed by atoms with E-state index >= 15 is 0 Å². The molecule has 7 heteroatoms. The maximum absolute atomic E-state index is 13.4. The van der Waals surface area contributed by atoms with Crippen molar-refractivity contribution in [3.05, 3.63) is 101 Å². The summed E-state index contributed by atoms with van der Waals surface area (Å²) in [7, 11) is 0. The highest BCUT2D eigenvalue weighted by Gasteiger charge is 2.17. The van der Waals surface area contributed by atoms with Crippen LogP contribution in [0.2, 0.25) is 0 Å². The van der Waals surface area contributed by atoms with Gasteiger partial charge in [-0.2, -0.15) is 0 Å². The monoisotopic (exact) mass is 460 g/mol. The molecule has 0 fully saturated rings. The molecule has 4 aromatic rings. The summed E-state index contributed by atoms with van der Waals surface area (Å²) < 4.78 is 15.4. The first kappa shape index (κ1) is 22.7. The molecule has 0 bridgehead atoms. The van der Waals surface area contributed by atoms with E-state index in [0.29, 0.717) is 17.5 Å². The second-order valence-electron chi connectivity index (χ2n) is 7.82. The lowest BCUT2D eigenvalue weighted by Gasteiger charge is -2.16. The number of carbonyl (C=O) groups excluding carboxylic acids is 1. The highest BCUT2D eigenvalue weighted by molar-refractivity contribution is 7.99. The quantitative estimate of drug-likeness (QED) is 0.357. The van der Waals surface area contributed by atoms with Crippen LogP contribution in [0, 0.1) is 12.7 Å². The lowest BCUT2D eigenvalue weighted by molar-refractivity contribution is -0.119. The van der Waals surface area contributed by atoms with Crippen LogP contribution in [0.5, 0.6) is 0 Å². The summed E-state index contributed by atoms with van der Waals surface area (Å²) in [5.74, 6) is 0.470. The fourth-order valence-corrected chi connectivity index (χ4v) is 4.43. The van der Waals surface area contributed by atoms with E-state index in [4.69, 9.17) is 0 Å². The Morgan fingerprint density at radius 2 is 1.70 bits per heavy atom. The predicted molar refractivity (Wildman–Crippen MR) is 129 cm³/mol. The third kappa shape index (κ3) is 5.68. The first-order chi connectivity index (χ1) is 16.0. The number of hydrogen-bond acceptors (Lipinski definition) is 4. The molecule has 5 nitrogen and oxygen atoms in total. The Kier molecular flexibility index (Phi) is 7.19. The number of rotatable bonds is 8. The molecule has 1 unspecified atom stereocenters. The lowest BCUT2D eigenvalue weighted by Crippen LogP contribution is -2.28. The average molecular weight is 461 g/mol. The van der Waals surface area contributed by atoms with Gasteiger partial charge in [-0.15, -0.1) is 10.2 Å². The van der Waals surface area contributed by atoms with Crippen molar-refractivity contribution in [3.8, 4) is 11.4 Å². The van der Waals surface area contributed by atoms with Gasteiger partial charge in [0.15, 0.2) is 11.0 Å². The number of aromatic nitrogens is 3. The topological polar surface area (TPSA) is 59.8 Å². The number of carbonyl (C=O) groups is 1. The Hall–Kier alpha value is -3.45. The van der Waals surface area contributed by atoms with E-state index < -0.39 is 0 Å². The van der Waals surface area contributed by atoms with E-state index in [9.17, 15) is 9.18 Å². The van der Waals surface area contributed by atoms with E-state index in [2.05, 4.69) is 15.5 Å². The van der Waals surface area contributed by atoms with E-state index in [1.807, 2.05) is 73.0 Å². The van der Waals surface area contributed by atoms with Crippen molar-refractivity contribution >= 4 is 17.7 Å². The molecule has 1 amide bonds. The van der Waals surface area contributed by atoms with E-state index in [0.717, 1.165) is 22.3 Å². The normalized spacial score (nSPS) is 11.8. The van der Waals surface area contributed by atoms with E-state index in [-0.39, 0.29) is 23.5 Å². The number of thioether (sulfide) groups is 1. The zero-order valence-corrected chi connectivity index (χ0v) is 19.3. The predicted octanol–water partition coefficient (Wildman–Crippen LogP) is 5.41. The van der Waals surface area contributed by atoms with Crippen molar-refractivity contribution in [2.24, 2.45) is 0 Å². The Labute approximate surface area is 197 Å². The molecule has 1 heterocycles. The van der Waals surface area contributed by atoms with E-state index in [1.165, 1.54) is 23.9 Å². The second kappa shape index (κ2) is 10.4. The van der Waals surface area contributed by atoms with Gasteiger partial charge in [0.05, 0.1) is 18.3 Å². The van der Waals surface area contributed by atoms with Crippen molar-refractivity contribution in [3.63, 3.8) is 0 Å². The molecular weight excluding hydrogens is 435 g/mol. The molecule has 1 N–H and O–H groups in total. The number of aryl methyl sites for hydroxylation is 1. The van der Waals surface area contributed by atoms with Gasteiger partial charge >= 0.3 is 0 Å². The van der Waals surface area contributed by atoms with Crippen LogP contribution in [0.25, 0.3) is 11.4 Å². The number of hydrogen-bond donors (Lipinski definition) is 1. The van der Waals surface area contributed by atoms with E-state index in [1.54, 1.807) is 12.1 Å². The SMILES string of the molecule is Cc1ccccc1C(C)NC(=O)CSc1nnc(-c2ccc(F)cc2)n1Cc1ccccc1. The smallest absolute Gasteiger partial charge is 0.230 e. The highest BCUT2D eigenvalue weighted by Crippen LogP contribution is 2.26. The largest absolute Gasteiger partial charge is 0.349 e. The number of amides is 1. The Bertz CT molecular complexity index is 1220. The van der Waals surface area contributed by atoms with Crippen molar-refractivity contribution in [1.29, 1.82) is 0 Å². The van der Waals surface area contributed by atoms with Gasteiger partial charge in [0.1, 0.15) is 5.82 Å². The fourth-order valence-electron chi connectivity index (χ4n) is 3.68. The molecule has 0 aliphatic heterocycles. The maximum Gasteiger partial charge on any atom is 0.230 e. The number of nitrogens with zero attached hydrogens (tertiary/aromatic N) is 3. The number of benzene rings is 3. The molecule has 0 aliphatic carbocycles. The van der Waals surface area contributed by atoms with Gasteiger partial charge in [0.25, 0.3) is 0 Å². The minimum Gasteiger partial charge on any atom is -0.349 e. The first-order valence-corrected chi connectivity index (χ1v) is 11.7. The summed E-state index contributed by atoms with van der Waals surface area (Å²) in [6.07, 6.45) is 0. The molecule has 4 rings (SSSR count). The zero-order chi connectivity index (χ0) is 23.2. The van der Waals surface area contributed by atoms with Crippen LogP contribution in [0.4, 0.5) is 4.39 Å². The summed E-state index contributed by atoms with van der Waals surface area (Å²) in [5.41, 5.74) is 4.09. The molecule has 0 aliphatic rings. The molecule has 0 spiro atoms. The van der Waals surface area contributed by atoms with Gasteiger partial charge < -0.3 is 5.32 Å². The molecule has 168 valence electrons. The standard InChI is InChI=1S/C26H25FN4OS/c1-18-8-6-7-11-23(18)19(2)28-24(32)17-33-26-30-29-25(21-12-14-22(27)15-13-21)31(26)16-20-9-4-3-5-10-20/h3-15,19H,16-17H2,1-2H3,(H,28,32). The van der Waals surface area contributed by atoms with Gasteiger partial charge in [0, 0.05) is 5.56 Å². The van der Waals surface area contributed by atoms with Gasteiger partial charge in [0.2, 0.25) is 5.91 Å². The molecule has 0 radical (unpaired) electrons. The summed E-state index contributed by atoms with van der Waals surface area (Å²) in [4.78, 5) is 12.7. The maximum atomic E-state index is 13.4. The summed E-state index contributed by atoms with van der Waals surface area (Å²) >= 11 is 1.34. The number of halogens is 1. The molecule has 0 saturated carbocycles. The minimum atomic E-state index is -0.304. The lowest BCUT2D eigenvalue weighted by atomic mass is 10.0. The van der Waals surface area contributed by atoms with Crippen LogP contribution in [0.1, 0.15) is 29.7 Å². The van der Waals surface area contributed by atoms with Gasteiger partial charge in [-0.1, -0.05) is 66.4 Å². The van der Waals surface area contributed by atoms with Gasteiger partial charge in [-0.3, -0.25) is 9.36 Å². The third-order valence-electron chi connectivity index (χ3n) is 5.37. The molecule has 3 aromatic carbocycles. The molecule has 1 aromatic heterocycles. The molecular formula is C26H25FN4OS. The van der Waals surface area contributed by atoms with Crippen LogP contribution in [-0.2, 0) is 11.3 Å². The van der Waals surface area contributed by atoms with Gasteiger partial charge in [-0.05, 0) is 54.8 Å². The summed E-state index contributed by atoms with van der Waals surface area (Å²) in [5, 5.41) is 12.4. The number of nitrogens with one attached hydrogen (secondary N) is 1. The Morgan fingerprint density at radius 1 is 1.00 bits per heavy atom.